The monoisotopic (exact) mass is 481 g/mol. The summed E-state index contributed by atoms with van der Waals surface area (Å²) in [4.78, 5) is 11.8. The molecule has 1 aliphatic carbocycles. The van der Waals surface area contributed by atoms with Crippen LogP contribution in [0.2, 0.25) is 5.02 Å². The minimum absolute atomic E-state index is 0.151. The molecule has 0 radical (unpaired) electrons. The van der Waals surface area contributed by atoms with E-state index in [1.165, 1.54) is 30.2 Å². The molecule has 1 saturated carbocycles. The molecular formula is C20H21BrClN3O2S. The van der Waals surface area contributed by atoms with Crippen molar-refractivity contribution < 1.29 is 9.53 Å². The van der Waals surface area contributed by atoms with E-state index in [1.54, 1.807) is 6.92 Å². The van der Waals surface area contributed by atoms with Crippen LogP contribution in [0.25, 0.3) is 5.69 Å². The summed E-state index contributed by atoms with van der Waals surface area (Å²) in [6, 6.07) is 12.2. The highest BCUT2D eigenvalue weighted by atomic mass is 79.9. The molecule has 2 aromatic rings. The van der Waals surface area contributed by atoms with Crippen molar-refractivity contribution in [1.82, 2.24) is 14.8 Å². The maximum Gasteiger partial charge on any atom is 0.316 e. The van der Waals surface area contributed by atoms with Crippen molar-refractivity contribution in [1.29, 1.82) is 0 Å². The molecule has 148 valence electrons. The summed E-state index contributed by atoms with van der Waals surface area (Å²) in [6.07, 6.45) is 2.37. The average molecular weight is 483 g/mol. The van der Waals surface area contributed by atoms with Gasteiger partial charge in [0.2, 0.25) is 4.73 Å². The number of rotatable bonds is 6. The predicted molar refractivity (Wildman–Crippen MR) is 116 cm³/mol. The van der Waals surface area contributed by atoms with Gasteiger partial charge in [-0.2, -0.15) is 0 Å². The Labute approximate surface area is 182 Å². The molecule has 0 spiro atoms. The zero-order valence-corrected chi connectivity index (χ0v) is 18.9. The predicted octanol–water partition coefficient (Wildman–Crippen LogP) is 5.65. The Balaban J connectivity index is 2.10. The van der Waals surface area contributed by atoms with Gasteiger partial charge in [-0.05, 0) is 65.7 Å². The third-order valence-corrected chi connectivity index (χ3v) is 5.94. The molecule has 28 heavy (non-hydrogen) atoms. The van der Waals surface area contributed by atoms with Crippen LogP contribution < -0.4 is 0 Å². The molecule has 1 aromatic carbocycles. The molecule has 3 rings (SSSR count). The van der Waals surface area contributed by atoms with E-state index in [4.69, 9.17) is 16.3 Å². The Morgan fingerprint density at radius 1 is 1.32 bits per heavy atom. The molecule has 1 heterocycles. The van der Waals surface area contributed by atoms with Crippen molar-refractivity contribution in [2.75, 3.05) is 12.4 Å². The number of thioether (sulfide) groups is 1. The van der Waals surface area contributed by atoms with E-state index in [0.717, 1.165) is 11.3 Å². The molecule has 0 N–H and O–H groups in total. The summed E-state index contributed by atoms with van der Waals surface area (Å²) in [5, 5.41) is 9.51. The lowest BCUT2D eigenvalue weighted by Gasteiger charge is -2.11. The van der Waals surface area contributed by atoms with Crippen LogP contribution in [0.3, 0.4) is 0 Å². The Morgan fingerprint density at radius 3 is 2.79 bits per heavy atom. The van der Waals surface area contributed by atoms with Crippen LogP contribution in [0, 0.1) is 6.92 Å². The highest BCUT2D eigenvalue weighted by molar-refractivity contribution is 9.10. The number of nitrogens with zero attached hydrogens (tertiary/aromatic N) is 3. The summed E-state index contributed by atoms with van der Waals surface area (Å²) in [7, 11) is 0. The molecule has 8 heteroatoms. The number of halogens is 2. The van der Waals surface area contributed by atoms with Crippen LogP contribution in [0.1, 0.15) is 36.8 Å². The van der Waals surface area contributed by atoms with Gasteiger partial charge in [-0.1, -0.05) is 53.7 Å². The smallest absolute Gasteiger partial charge is 0.316 e. The highest BCUT2D eigenvalue weighted by Crippen LogP contribution is 2.41. The first-order valence-corrected chi connectivity index (χ1v) is 11.2. The number of aromatic nitrogens is 3. The maximum absolute atomic E-state index is 11.8. The van der Waals surface area contributed by atoms with E-state index in [2.05, 4.69) is 32.2 Å². The quantitative estimate of drug-likeness (QED) is 0.393. The molecule has 0 amide bonds. The van der Waals surface area contributed by atoms with Crippen LogP contribution in [-0.4, -0.2) is 33.1 Å². The van der Waals surface area contributed by atoms with Crippen molar-refractivity contribution in [2.24, 2.45) is 0 Å². The van der Waals surface area contributed by atoms with Gasteiger partial charge in [-0.15, -0.1) is 10.2 Å². The minimum Gasteiger partial charge on any atom is -0.465 e. The van der Waals surface area contributed by atoms with Gasteiger partial charge in [-0.25, -0.2) is 0 Å². The lowest BCUT2D eigenvalue weighted by atomic mass is 10.1. The third-order valence-electron chi connectivity index (χ3n) is 4.24. The fraction of sp³-hybridized carbons (Fsp3) is 0.350. The molecule has 0 atom stereocenters. The number of aryl methyl sites for hydroxylation is 1. The van der Waals surface area contributed by atoms with Gasteiger partial charge in [0, 0.05) is 0 Å². The van der Waals surface area contributed by atoms with Gasteiger partial charge in [0.1, 0.15) is 0 Å². The van der Waals surface area contributed by atoms with Gasteiger partial charge in [0.05, 0.1) is 23.1 Å². The lowest BCUT2D eigenvalue weighted by Crippen LogP contribution is -2.08. The van der Waals surface area contributed by atoms with E-state index in [0.29, 0.717) is 27.4 Å². The summed E-state index contributed by atoms with van der Waals surface area (Å²) in [5.74, 6) is 0.421. The Kier molecular flexibility index (Phi) is 7.37. The molecule has 1 fully saturated rings. The van der Waals surface area contributed by atoms with Crippen LogP contribution >= 0.6 is 39.3 Å². The Morgan fingerprint density at radius 2 is 2.07 bits per heavy atom. The topological polar surface area (TPSA) is 57.0 Å². The summed E-state index contributed by atoms with van der Waals surface area (Å²) in [6.45, 7) is 4.12. The Hall–Kier alpha value is -1.57. The summed E-state index contributed by atoms with van der Waals surface area (Å²) < 4.78 is 7.36. The van der Waals surface area contributed by atoms with Crippen molar-refractivity contribution in [2.45, 2.75) is 37.8 Å². The molecule has 0 unspecified atom stereocenters. The number of ether oxygens (including phenoxy) is 1. The zero-order valence-electron chi connectivity index (χ0n) is 15.7. The van der Waals surface area contributed by atoms with E-state index in [9.17, 15) is 4.79 Å². The molecular weight excluding hydrogens is 462 g/mol. The van der Waals surface area contributed by atoms with Gasteiger partial charge in [0.15, 0.2) is 5.16 Å². The molecule has 0 aliphatic heterocycles. The Bertz CT molecular complexity index is 930. The fourth-order valence-corrected chi connectivity index (χ4v) is 4.41. The van der Waals surface area contributed by atoms with Crippen LogP contribution in [0.4, 0.5) is 0 Å². The van der Waals surface area contributed by atoms with Crippen molar-refractivity contribution in [3.8, 4) is 5.69 Å². The van der Waals surface area contributed by atoms with Crippen molar-refractivity contribution in [3.05, 3.63) is 57.3 Å². The molecule has 0 bridgehead atoms. The van der Waals surface area contributed by atoms with Crippen molar-refractivity contribution in [3.63, 3.8) is 0 Å². The number of hydrogen-bond donors (Lipinski definition) is 0. The summed E-state index contributed by atoms with van der Waals surface area (Å²) >= 11 is 11.5. The second-order valence-electron chi connectivity index (χ2n) is 6.39. The van der Waals surface area contributed by atoms with Crippen LogP contribution in [-0.2, 0) is 9.53 Å². The number of esters is 1. The maximum atomic E-state index is 11.8. The minimum atomic E-state index is -0.291. The van der Waals surface area contributed by atoms with Crippen molar-refractivity contribution >= 4 is 45.3 Å². The van der Waals surface area contributed by atoms with Gasteiger partial charge in [0.25, 0.3) is 0 Å². The van der Waals surface area contributed by atoms with E-state index in [-0.39, 0.29) is 11.7 Å². The SMILES string of the molecule is CCOC(=O)CSc1nnc(Br)n1-c1c(C)cccccc(C2CC2)cc1Cl. The first-order valence-electron chi connectivity index (χ1n) is 9.04. The van der Waals surface area contributed by atoms with Crippen LogP contribution in [0.5, 0.6) is 0 Å². The standard InChI is InChI=1S/C20H21BrClN3O2S/c1-3-27-17(26)12-28-20-24-23-19(21)25(20)18-13(2)7-5-4-6-8-15(11-16(18)22)14-9-10-14/h4-8,11,14H,3,9-10,12H2,1-2H3. The summed E-state index contributed by atoms with van der Waals surface area (Å²) in [5.41, 5.74) is 2.95. The average Bonchev–Trinajstić information content (AvgIpc) is 3.44. The van der Waals surface area contributed by atoms with Gasteiger partial charge < -0.3 is 4.74 Å². The van der Waals surface area contributed by atoms with Gasteiger partial charge >= 0.3 is 5.97 Å². The third kappa shape index (κ3) is 5.27. The first kappa shape index (κ1) is 21.1. The fourth-order valence-electron chi connectivity index (χ4n) is 2.77. The molecule has 1 aliphatic rings. The van der Waals surface area contributed by atoms with Gasteiger partial charge in [-0.3, -0.25) is 9.36 Å². The highest BCUT2D eigenvalue weighted by Gasteiger charge is 2.24. The number of carbonyl (C=O) groups excluding carboxylic acids is 1. The molecule has 5 nitrogen and oxygen atoms in total. The second-order valence-corrected chi connectivity index (χ2v) is 8.45. The number of hydrogen-bond acceptors (Lipinski definition) is 5. The lowest BCUT2D eigenvalue weighted by molar-refractivity contribution is -0.139. The first-order chi connectivity index (χ1) is 13.5. The second kappa shape index (κ2) is 9.76. The van der Waals surface area contributed by atoms with E-state index >= 15 is 0 Å². The zero-order chi connectivity index (χ0) is 20.1. The van der Waals surface area contributed by atoms with Crippen LogP contribution in [0.15, 0.2) is 46.3 Å². The normalized spacial score (nSPS) is 13.1. The van der Waals surface area contributed by atoms with E-state index in [1.807, 2.05) is 41.8 Å². The largest absolute Gasteiger partial charge is 0.465 e. The molecule has 1 aromatic heterocycles. The molecule has 0 saturated heterocycles. The number of carbonyl (C=O) groups is 1. The van der Waals surface area contributed by atoms with E-state index < -0.39 is 0 Å².